The van der Waals surface area contributed by atoms with Crippen molar-refractivity contribution in [3.63, 3.8) is 0 Å². The maximum Gasteiger partial charge on any atom is 0.335 e. The van der Waals surface area contributed by atoms with Gasteiger partial charge in [-0.15, -0.1) is 0 Å². The van der Waals surface area contributed by atoms with E-state index in [4.69, 9.17) is 22.1 Å². The zero-order valence-corrected chi connectivity index (χ0v) is 16.9. The number of carboxylic acid groups (broad SMARTS) is 1. The van der Waals surface area contributed by atoms with Gasteiger partial charge in [-0.3, -0.25) is 14.5 Å². The van der Waals surface area contributed by atoms with Crippen molar-refractivity contribution in [3.8, 4) is 5.75 Å². The molecule has 2 amide bonds. The number of thiocarbonyl (C=S) groups is 1. The first kappa shape index (κ1) is 20.6. The topological polar surface area (TPSA) is 95.9 Å². The summed E-state index contributed by atoms with van der Waals surface area (Å²) in [5, 5.41) is 11.6. The first-order valence-electron chi connectivity index (χ1n) is 8.40. The van der Waals surface area contributed by atoms with E-state index in [1.54, 1.807) is 31.4 Å². The molecular weight excluding hydrogens is 412 g/mol. The second kappa shape index (κ2) is 8.89. The molecule has 2 aromatic carbocycles. The summed E-state index contributed by atoms with van der Waals surface area (Å²) in [5.41, 5.74) is 1.19. The smallest absolute Gasteiger partial charge is 0.335 e. The average molecular weight is 428 g/mol. The molecule has 7 nitrogen and oxygen atoms in total. The molecule has 0 spiro atoms. The third kappa shape index (κ3) is 5.01. The van der Waals surface area contributed by atoms with Crippen LogP contribution in [-0.2, 0) is 9.59 Å². The Balaban J connectivity index is 1.68. The van der Waals surface area contributed by atoms with Crippen LogP contribution in [0.25, 0.3) is 6.08 Å². The molecule has 1 aliphatic heterocycles. The lowest BCUT2D eigenvalue weighted by molar-refractivity contribution is -0.126. The number of aromatic carboxylic acids is 1. The highest BCUT2D eigenvalue weighted by Gasteiger charge is 2.33. The first-order chi connectivity index (χ1) is 13.9. The number of carboxylic acids is 1. The van der Waals surface area contributed by atoms with Gasteiger partial charge in [0.05, 0.1) is 17.6 Å². The Morgan fingerprint density at radius 1 is 1.24 bits per heavy atom. The maximum absolute atomic E-state index is 12.6. The number of rotatable bonds is 6. The molecule has 0 aliphatic carbocycles. The van der Waals surface area contributed by atoms with Gasteiger partial charge in [0.15, 0.2) is 0 Å². The molecule has 148 valence electrons. The van der Waals surface area contributed by atoms with Crippen molar-refractivity contribution < 1.29 is 24.2 Å². The number of nitrogens with one attached hydrogen (secondary N) is 1. The summed E-state index contributed by atoms with van der Waals surface area (Å²) < 4.78 is 5.39. The van der Waals surface area contributed by atoms with E-state index in [-0.39, 0.29) is 22.3 Å². The average Bonchev–Trinajstić information content (AvgIpc) is 2.96. The Morgan fingerprint density at radius 2 is 1.97 bits per heavy atom. The molecule has 0 aromatic heterocycles. The van der Waals surface area contributed by atoms with Crippen LogP contribution in [-0.4, -0.2) is 45.8 Å². The number of nitrogens with zero attached hydrogens (tertiary/aromatic N) is 1. The van der Waals surface area contributed by atoms with Crippen molar-refractivity contribution in [3.05, 3.63) is 64.6 Å². The van der Waals surface area contributed by atoms with Gasteiger partial charge in [-0.1, -0.05) is 42.2 Å². The molecule has 1 aliphatic rings. The van der Waals surface area contributed by atoms with E-state index in [9.17, 15) is 14.4 Å². The molecule has 0 bridgehead atoms. The van der Waals surface area contributed by atoms with Crippen LogP contribution in [0.3, 0.4) is 0 Å². The Labute approximate surface area is 176 Å². The van der Waals surface area contributed by atoms with E-state index >= 15 is 0 Å². The Morgan fingerprint density at radius 3 is 2.62 bits per heavy atom. The molecule has 1 fully saturated rings. The molecule has 29 heavy (non-hydrogen) atoms. The van der Waals surface area contributed by atoms with Crippen molar-refractivity contribution in [2.45, 2.75) is 0 Å². The number of thioether (sulfide) groups is 1. The van der Waals surface area contributed by atoms with E-state index in [1.165, 1.54) is 23.1 Å². The number of ether oxygens (including phenoxy) is 1. The normalized spacial score (nSPS) is 14.9. The fraction of sp³-hybridized carbons (Fsp3) is 0.100. The number of carbonyl (C=O) groups is 3. The third-order valence-corrected chi connectivity index (χ3v) is 5.36. The summed E-state index contributed by atoms with van der Waals surface area (Å²) >= 11 is 6.36. The molecule has 9 heteroatoms. The third-order valence-electron chi connectivity index (χ3n) is 3.98. The second-order valence-corrected chi connectivity index (χ2v) is 7.65. The molecule has 0 unspecified atom stereocenters. The van der Waals surface area contributed by atoms with Gasteiger partial charge in [0.2, 0.25) is 5.91 Å². The van der Waals surface area contributed by atoms with E-state index in [0.717, 1.165) is 17.3 Å². The van der Waals surface area contributed by atoms with Gasteiger partial charge in [-0.05, 0) is 42.0 Å². The monoisotopic (exact) mass is 428 g/mol. The Bertz CT molecular complexity index is 1020. The van der Waals surface area contributed by atoms with Gasteiger partial charge < -0.3 is 15.2 Å². The fourth-order valence-corrected chi connectivity index (χ4v) is 3.82. The maximum atomic E-state index is 12.6. The number of methoxy groups -OCH3 is 1. The van der Waals surface area contributed by atoms with Gasteiger partial charge in [0.25, 0.3) is 5.91 Å². The first-order valence-corrected chi connectivity index (χ1v) is 9.62. The highest BCUT2D eigenvalue weighted by atomic mass is 32.2. The number of hydrogen-bond donors (Lipinski definition) is 2. The van der Waals surface area contributed by atoms with Crippen LogP contribution in [0, 0.1) is 0 Å². The second-order valence-electron chi connectivity index (χ2n) is 5.98. The van der Waals surface area contributed by atoms with E-state index in [2.05, 4.69) is 5.32 Å². The summed E-state index contributed by atoms with van der Waals surface area (Å²) in [6.07, 6.45) is 1.70. The van der Waals surface area contributed by atoms with Crippen molar-refractivity contribution in [2.24, 2.45) is 0 Å². The van der Waals surface area contributed by atoms with Crippen LogP contribution in [0.1, 0.15) is 15.9 Å². The van der Waals surface area contributed by atoms with Gasteiger partial charge in [0, 0.05) is 5.69 Å². The number of hydrogen-bond acceptors (Lipinski definition) is 6. The van der Waals surface area contributed by atoms with Gasteiger partial charge in [0.1, 0.15) is 16.6 Å². The minimum Gasteiger partial charge on any atom is -0.497 e. The van der Waals surface area contributed by atoms with Crippen LogP contribution in [0.15, 0.2) is 53.4 Å². The van der Waals surface area contributed by atoms with E-state index in [0.29, 0.717) is 16.3 Å². The minimum atomic E-state index is -1.10. The quantitative estimate of drug-likeness (QED) is 0.539. The molecular formula is C20H16N2O5S2. The molecule has 1 saturated heterocycles. The van der Waals surface area contributed by atoms with E-state index in [1.807, 2.05) is 12.1 Å². The van der Waals surface area contributed by atoms with Crippen LogP contribution in [0.4, 0.5) is 5.69 Å². The molecule has 2 N–H and O–H groups in total. The lowest BCUT2D eigenvalue weighted by atomic mass is 10.2. The fourth-order valence-electron chi connectivity index (χ4n) is 2.56. The van der Waals surface area contributed by atoms with Crippen LogP contribution in [0.2, 0.25) is 0 Å². The predicted molar refractivity (Wildman–Crippen MR) is 115 cm³/mol. The molecule has 3 rings (SSSR count). The van der Waals surface area contributed by atoms with Gasteiger partial charge in [-0.2, -0.15) is 0 Å². The summed E-state index contributed by atoms with van der Waals surface area (Å²) in [6.45, 7) is -0.262. The SMILES string of the molecule is COc1ccc(/C=C2\SC(=S)N(CC(=O)Nc3cccc(C(=O)O)c3)C2=O)cc1. The molecule has 2 aromatic rings. The van der Waals surface area contributed by atoms with Crippen molar-refractivity contribution in [2.75, 3.05) is 19.0 Å². The predicted octanol–water partition coefficient (Wildman–Crippen LogP) is 3.23. The molecule has 1 heterocycles. The highest BCUT2D eigenvalue weighted by molar-refractivity contribution is 8.26. The zero-order valence-electron chi connectivity index (χ0n) is 15.2. The largest absolute Gasteiger partial charge is 0.497 e. The van der Waals surface area contributed by atoms with Crippen LogP contribution in [0.5, 0.6) is 5.75 Å². The van der Waals surface area contributed by atoms with Crippen LogP contribution < -0.4 is 10.1 Å². The molecule has 0 radical (unpaired) electrons. The molecule has 0 saturated carbocycles. The highest BCUT2D eigenvalue weighted by Crippen LogP contribution is 2.32. The van der Waals surface area contributed by atoms with Gasteiger partial charge in [-0.25, -0.2) is 4.79 Å². The zero-order chi connectivity index (χ0) is 21.0. The summed E-state index contributed by atoms with van der Waals surface area (Å²) in [7, 11) is 1.57. The van der Waals surface area contributed by atoms with Crippen LogP contribution >= 0.6 is 24.0 Å². The number of benzene rings is 2. The Hall–Kier alpha value is -3.17. The minimum absolute atomic E-state index is 0.0517. The van der Waals surface area contributed by atoms with Crippen molar-refractivity contribution in [1.29, 1.82) is 0 Å². The number of anilines is 1. The van der Waals surface area contributed by atoms with Crippen molar-refractivity contribution >= 4 is 57.8 Å². The standard InChI is InChI=1S/C20H16N2O5S2/c1-27-15-7-5-12(6-8-15)9-16-18(24)22(20(28)29-16)11-17(23)21-14-4-2-3-13(10-14)19(25)26/h2-10H,11H2,1H3,(H,21,23)(H,25,26)/b16-9-. The summed E-state index contributed by atoms with van der Waals surface area (Å²) in [4.78, 5) is 37.6. The lowest BCUT2D eigenvalue weighted by Gasteiger charge is -2.14. The van der Waals surface area contributed by atoms with Gasteiger partial charge >= 0.3 is 5.97 Å². The van der Waals surface area contributed by atoms with Crippen molar-refractivity contribution in [1.82, 2.24) is 4.90 Å². The molecule has 0 atom stereocenters. The Kier molecular flexibility index (Phi) is 6.30. The lowest BCUT2D eigenvalue weighted by Crippen LogP contribution is -2.36. The van der Waals surface area contributed by atoms with E-state index < -0.39 is 11.9 Å². The summed E-state index contributed by atoms with van der Waals surface area (Å²) in [5.74, 6) is -1.22. The summed E-state index contributed by atoms with van der Waals surface area (Å²) in [6, 6.07) is 13.0. The number of amides is 2. The number of carbonyl (C=O) groups excluding carboxylic acids is 2.